The van der Waals surface area contributed by atoms with Gasteiger partial charge in [0, 0.05) is 32.7 Å². The zero-order valence-corrected chi connectivity index (χ0v) is 12.9. The number of nitrogens with one attached hydrogen (secondary N) is 1. The van der Waals surface area contributed by atoms with Crippen LogP contribution in [-0.4, -0.2) is 52.0 Å². The number of rotatable bonds is 9. The van der Waals surface area contributed by atoms with Crippen LogP contribution in [-0.2, 0) is 4.74 Å². The highest BCUT2D eigenvalue weighted by molar-refractivity contribution is 5.69. The molecule has 0 aliphatic heterocycles. The van der Waals surface area contributed by atoms with Crippen LogP contribution in [0.2, 0.25) is 0 Å². The van der Waals surface area contributed by atoms with Gasteiger partial charge in [0.25, 0.3) is 0 Å². The molecule has 0 heterocycles. The highest BCUT2D eigenvalue weighted by Gasteiger charge is 2.08. The van der Waals surface area contributed by atoms with Crippen LogP contribution in [0.3, 0.4) is 0 Å². The smallest absolute Gasteiger partial charge is 0.117 e. The minimum atomic E-state index is 0.250. The summed E-state index contributed by atoms with van der Waals surface area (Å²) < 4.78 is 5.35. The third kappa shape index (κ3) is 5.67. The molecule has 5 heteroatoms. The van der Waals surface area contributed by atoms with E-state index in [1.165, 1.54) is 4.90 Å². The molecule has 5 nitrogen and oxygen atoms in total. The van der Waals surface area contributed by atoms with Gasteiger partial charge in [0.05, 0.1) is 31.6 Å². The maximum atomic E-state index is 9.52. The Labute approximate surface area is 121 Å². The molecule has 0 saturated heterocycles. The first-order chi connectivity index (χ1) is 9.54. The number of hydrogen-bond acceptors (Lipinski definition) is 4. The normalized spacial score (nSPS) is 12.3. The van der Waals surface area contributed by atoms with E-state index in [0.29, 0.717) is 5.69 Å². The second-order valence-corrected chi connectivity index (χ2v) is 5.17. The Balaban J connectivity index is 2.32. The number of nitrogens with two attached hydrogens (primary N) is 1. The number of ether oxygens (including phenoxy) is 1. The summed E-state index contributed by atoms with van der Waals surface area (Å²) in [5.74, 6) is 0.250. The highest BCUT2D eigenvalue weighted by Crippen LogP contribution is 2.26. The van der Waals surface area contributed by atoms with Crippen LogP contribution in [0.15, 0.2) is 18.2 Å². The highest BCUT2D eigenvalue weighted by atomic mass is 16.5. The van der Waals surface area contributed by atoms with Crippen LogP contribution in [0.25, 0.3) is 0 Å². The molecule has 1 unspecified atom stereocenters. The molecule has 0 fully saturated rings. The van der Waals surface area contributed by atoms with Crippen molar-refractivity contribution in [2.24, 2.45) is 0 Å². The first kappa shape index (κ1) is 16.6. The molecule has 0 bridgehead atoms. The lowest BCUT2D eigenvalue weighted by Crippen LogP contribution is -3.09. The summed E-state index contributed by atoms with van der Waals surface area (Å²) >= 11 is 0. The van der Waals surface area contributed by atoms with Gasteiger partial charge in [-0.2, -0.15) is 0 Å². The van der Waals surface area contributed by atoms with E-state index in [2.05, 4.69) is 11.9 Å². The summed E-state index contributed by atoms with van der Waals surface area (Å²) in [7, 11) is 4.18. The van der Waals surface area contributed by atoms with Crippen LogP contribution in [0, 0.1) is 0 Å². The number of likely N-dealkylation sites (N-methyl/N-ethyl adjacent to an activating group) is 1. The summed E-state index contributed by atoms with van der Waals surface area (Å²) in [5.41, 5.74) is 7.51. The van der Waals surface area contributed by atoms with Crippen LogP contribution < -0.4 is 15.5 Å². The standard InChI is InChI=1S/C15H27N3O2/c1-4-20-11-10-17(2)8-5-9-18(3)15-12-13(19)6-7-14(15)16/h6-7,12,19H,4-5,8-11,16H2,1-3H3/p+1. The SMILES string of the molecule is CCOCC[NH+](C)CCCN(C)c1cc(O)ccc1N. The molecule has 1 aromatic carbocycles. The summed E-state index contributed by atoms with van der Waals surface area (Å²) in [6, 6.07) is 5.06. The molecule has 4 N–H and O–H groups in total. The fraction of sp³-hybridized carbons (Fsp3) is 0.600. The van der Waals surface area contributed by atoms with Gasteiger partial charge in [-0.25, -0.2) is 0 Å². The number of phenols is 1. The molecule has 114 valence electrons. The van der Waals surface area contributed by atoms with Crippen molar-refractivity contribution >= 4 is 11.4 Å². The largest absolute Gasteiger partial charge is 0.508 e. The number of anilines is 2. The van der Waals surface area contributed by atoms with Gasteiger partial charge in [0.1, 0.15) is 12.3 Å². The summed E-state index contributed by atoms with van der Waals surface area (Å²) in [6.45, 7) is 6.66. The average molecular weight is 282 g/mol. The van der Waals surface area contributed by atoms with Crippen molar-refractivity contribution in [3.8, 4) is 5.75 Å². The molecule has 0 aliphatic carbocycles. The van der Waals surface area contributed by atoms with Crippen molar-refractivity contribution < 1.29 is 14.7 Å². The Morgan fingerprint density at radius 2 is 2.10 bits per heavy atom. The Kier molecular flexibility index (Phi) is 7.18. The molecule has 20 heavy (non-hydrogen) atoms. The monoisotopic (exact) mass is 282 g/mol. The molecule has 0 aliphatic rings. The van der Waals surface area contributed by atoms with Crippen molar-refractivity contribution in [1.29, 1.82) is 0 Å². The third-order valence-electron chi connectivity index (χ3n) is 3.40. The van der Waals surface area contributed by atoms with E-state index in [4.69, 9.17) is 10.5 Å². The van der Waals surface area contributed by atoms with Gasteiger partial charge in [0.15, 0.2) is 0 Å². The van der Waals surface area contributed by atoms with Gasteiger partial charge in [-0.15, -0.1) is 0 Å². The van der Waals surface area contributed by atoms with Crippen LogP contribution in [0.1, 0.15) is 13.3 Å². The molecule has 0 radical (unpaired) electrons. The molecule has 0 amide bonds. The van der Waals surface area contributed by atoms with Gasteiger partial charge < -0.3 is 25.4 Å². The lowest BCUT2D eigenvalue weighted by atomic mass is 10.2. The molecule has 1 atom stereocenters. The van der Waals surface area contributed by atoms with Gasteiger partial charge >= 0.3 is 0 Å². The van der Waals surface area contributed by atoms with Crippen LogP contribution in [0.5, 0.6) is 5.75 Å². The second kappa shape index (κ2) is 8.66. The molecule has 0 aromatic heterocycles. The van der Waals surface area contributed by atoms with E-state index in [1.54, 1.807) is 18.2 Å². The zero-order chi connectivity index (χ0) is 15.0. The topological polar surface area (TPSA) is 63.2 Å². The number of quaternary nitrogens is 1. The maximum absolute atomic E-state index is 9.52. The minimum absolute atomic E-state index is 0.250. The number of benzene rings is 1. The maximum Gasteiger partial charge on any atom is 0.117 e. The molecule has 1 aromatic rings. The van der Waals surface area contributed by atoms with Crippen molar-refractivity contribution in [2.45, 2.75) is 13.3 Å². The number of nitrogens with zero attached hydrogens (tertiary/aromatic N) is 1. The quantitative estimate of drug-likeness (QED) is 0.347. The van der Waals surface area contributed by atoms with E-state index in [-0.39, 0.29) is 5.75 Å². The second-order valence-electron chi connectivity index (χ2n) is 5.17. The molecular weight excluding hydrogens is 254 g/mol. The van der Waals surface area contributed by atoms with E-state index in [1.807, 2.05) is 14.0 Å². The van der Waals surface area contributed by atoms with Crippen LogP contribution in [0.4, 0.5) is 11.4 Å². The predicted molar refractivity (Wildman–Crippen MR) is 83.5 cm³/mol. The first-order valence-electron chi connectivity index (χ1n) is 7.23. The van der Waals surface area contributed by atoms with E-state index < -0.39 is 0 Å². The van der Waals surface area contributed by atoms with E-state index in [9.17, 15) is 5.11 Å². The molecular formula is C15H28N3O2+. The predicted octanol–water partition coefficient (Wildman–Crippen LogP) is 0.352. The Bertz CT molecular complexity index is 399. The van der Waals surface area contributed by atoms with E-state index in [0.717, 1.165) is 45.0 Å². The zero-order valence-electron chi connectivity index (χ0n) is 12.9. The van der Waals surface area contributed by atoms with Crippen molar-refractivity contribution in [3.63, 3.8) is 0 Å². The minimum Gasteiger partial charge on any atom is -0.508 e. The Morgan fingerprint density at radius 1 is 1.35 bits per heavy atom. The van der Waals surface area contributed by atoms with Crippen molar-refractivity contribution in [3.05, 3.63) is 18.2 Å². The van der Waals surface area contributed by atoms with Gasteiger partial charge in [-0.05, 0) is 19.1 Å². The first-order valence-corrected chi connectivity index (χ1v) is 7.23. The lowest BCUT2D eigenvalue weighted by Gasteiger charge is -2.22. The van der Waals surface area contributed by atoms with Gasteiger partial charge in [0.2, 0.25) is 0 Å². The number of aromatic hydroxyl groups is 1. The van der Waals surface area contributed by atoms with E-state index >= 15 is 0 Å². The molecule has 0 saturated carbocycles. The Morgan fingerprint density at radius 3 is 2.80 bits per heavy atom. The fourth-order valence-electron chi connectivity index (χ4n) is 2.12. The fourth-order valence-corrected chi connectivity index (χ4v) is 2.12. The van der Waals surface area contributed by atoms with Gasteiger partial charge in [-0.3, -0.25) is 0 Å². The average Bonchev–Trinajstić information content (AvgIpc) is 2.41. The van der Waals surface area contributed by atoms with Crippen molar-refractivity contribution in [2.75, 3.05) is 57.6 Å². The van der Waals surface area contributed by atoms with Gasteiger partial charge in [-0.1, -0.05) is 0 Å². The third-order valence-corrected chi connectivity index (χ3v) is 3.40. The van der Waals surface area contributed by atoms with Crippen LogP contribution >= 0.6 is 0 Å². The number of hydrogen-bond donors (Lipinski definition) is 3. The number of nitrogen functional groups attached to an aromatic ring is 1. The molecule has 1 rings (SSSR count). The lowest BCUT2D eigenvalue weighted by molar-refractivity contribution is -0.880. The number of phenolic OH excluding ortho intramolecular Hbond substituents is 1. The summed E-state index contributed by atoms with van der Waals surface area (Å²) in [6.07, 6.45) is 1.07. The summed E-state index contributed by atoms with van der Waals surface area (Å²) in [4.78, 5) is 3.56. The summed E-state index contributed by atoms with van der Waals surface area (Å²) in [5, 5.41) is 9.52. The Hall–Kier alpha value is -1.46. The molecule has 0 spiro atoms. The van der Waals surface area contributed by atoms with Crippen molar-refractivity contribution in [1.82, 2.24) is 0 Å².